The Kier molecular flexibility index (Phi) is 7.87. The van der Waals surface area contributed by atoms with Gasteiger partial charge < -0.3 is 24.2 Å². The van der Waals surface area contributed by atoms with Crippen molar-refractivity contribution in [3.63, 3.8) is 0 Å². The molecule has 2 aromatic rings. The number of hydrogen-bond donors (Lipinski definition) is 1. The van der Waals surface area contributed by atoms with E-state index < -0.39 is 48.7 Å². The second-order valence-electron chi connectivity index (χ2n) is 9.16. The molecule has 1 N–H and O–H groups in total. The highest BCUT2D eigenvalue weighted by Gasteiger charge is 2.42. The molecule has 2 heterocycles. The van der Waals surface area contributed by atoms with E-state index in [9.17, 15) is 41.0 Å². The number of aliphatic carboxylic acids is 1. The Labute approximate surface area is 218 Å². The lowest BCUT2D eigenvalue weighted by Crippen LogP contribution is -2.47. The first-order chi connectivity index (χ1) is 18.2. The number of ether oxygens (including phenoxy) is 3. The first-order valence-electron chi connectivity index (χ1n) is 11.8. The van der Waals surface area contributed by atoms with E-state index in [1.807, 2.05) is 0 Å². The Morgan fingerprint density at radius 2 is 1.69 bits per heavy atom. The summed E-state index contributed by atoms with van der Waals surface area (Å²) in [7, 11) is 1.61. The van der Waals surface area contributed by atoms with E-state index in [0.29, 0.717) is 37.2 Å². The minimum atomic E-state index is -5.15. The number of carboxylic acids is 1. The number of hydrogen-bond acceptors (Lipinski definition) is 6. The van der Waals surface area contributed by atoms with Gasteiger partial charge >= 0.3 is 18.5 Å². The summed E-state index contributed by atoms with van der Waals surface area (Å²) in [6.07, 6.45) is -8.58. The zero-order chi connectivity index (χ0) is 28.5. The largest absolute Gasteiger partial charge is 0.573 e. The number of halogens is 6. The maximum atomic E-state index is 13.1. The van der Waals surface area contributed by atoms with Crippen molar-refractivity contribution in [3.8, 4) is 17.2 Å². The summed E-state index contributed by atoms with van der Waals surface area (Å²) in [6, 6.07) is 6.75. The molecule has 0 unspecified atom stereocenters. The number of carbonyl (C=O) groups excluding carboxylic acids is 1. The van der Waals surface area contributed by atoms with Gasteiger partial charge in [0.15, 0.2) is 18.1 Å². The van der Waals surface area contributed by atoms with Crippen molar-refractivity contribution in [2.75, 3.05) is 25.1 Å². The van der Waals surface area contributed by atoms with Gasteiger partial charge in [-0.15, -0.1) is 13.2 Å². The third-order valence-corrected chi connectivity index (χ3v) is 6.51. The average Bonchev–Trinajstić information content (AvgIpc) is 3.43. The SMILES string of the molecule is CN1[C@H](C(=O)O)CC[C@H]1C(=O)N1CCc2cc(OCc3ccc(OCC(F)(F)F)c(OC(F)(F)F)c3)ccc21. The van der Waals surface area contributed by atoms with Crippen molar-refractivity contribution in [2.24, 2.45) is 0 Å². The van der Waals surface area contributed by atoms with Crippen LogP contribution >= 0.6 is 0 Å². The third-order valence-electron chi connectivity index (χ3n) is 6.51. The van der Waals surface area contributed by atoms with Gasteiger partial charge in [0.25, 0.3) is 0 Å². The normalized spacial score (nSPS) is 19.6. The number of alkyl halides is 6. The van der Waals surface area contributed by atoms with Crippen LogP contribution < -0.4 is 19.1 Å². The summed E-state index contributed by atoms with van der Waals surface area (Å²) < 4.78 is 89.6. The number of nitrogens with zero attached hydrogens (tertiary/aromatic N) is 2. The topological polar surface area (TPSA) is 88.5 Å². The zero-order valence-corrected chi connectivity index (χ0v) is 20.5. The number of fused-ring (bicyclic) bond motifs is 1. The molecule has 0 aliphatic carbocycles. The number of benzene rings is 2. The lowest BCUT2D eigenvalue weighted by Gasteiger charge is -2.27. The van der Waals surface area contributed by atoms with Gasteiger partial charge in [0.1, 0.15) is 18.4 Å². The Balaban J connectivity index is 1.43. The minimum absolute atomic E-state index is 0.183. The zero-order valence-electron chi connectivity index (χ0n) is 20.5. The third kappa shape index (κ3) is 6.85. The van der Waals surface area contributed by atoms with Crippen molar-refractivity contribution in [2.45, 2.75) is 50.5 Å². The van der Waals surface area contributed by atoms with Crippen LogP contribution in [0.15, 0.2) is 36.4 Å². The van der Waals surface area contributed by atoms with Gasteiger partial charge in [0.05, 0.1) is 6.04 Å². The quantitative estimate of drug-likeness (QED) is 0.473. The van der Waals surface area contributed by atoms with E-state index >= 15 is 0 Å². The molecule has 212 valence electrons. The van der Waals surface area contributed by atoms with Crippen molar-refractivity contribution in [1.29, 1.82) is 0 Å². The van der Waals surface area contributed by atoms with Crippen LogP contribution in [-0.4, -0.2) is 66.7 Å². The first kappa shape index (κ1) is 28.3. The summed E-state index contributed by atoms with van der Waals surface area (Å²) in [6.45, 7) is -1.61. The van der Waals surface area contributed by atoms with Crippen LogP contribution in [-0.2, 0) is 22.6 Å². The highest BCUT2D eigenvalue weighted by atomic mass is 19.4. The summed E-state index contributed by atoms with van der Waals surface area (Å²) in [5.41, 5.74) is 1.64. The second kappa shape index (κ2) is 10.8. The minimum Gasteiger partial charge on any atom is -0.489 e. The monoisotopic (exact) mass is 562 g/mol. The number of carboxylic acid groups (broad SMARTS) is 1. The van der Waals surface area contributed by atoms with Gasteiger partial charge in [-0.25, -0.2) is 0 Å². The van der Waals surface area contributed by atoms with Crippen molar-refractivity contribution in [3.05, 3.63) is 47.5 Å². The Morgan fingerprint density at radius 3 is 2.33 bits per heavy atom. The number of carbonyl (C=O) groups is 2. The fourth-order valence-electron chi connectivity index (χ4n) is 4.70. The van der Waals surface area contributed by atoms with Crippen molar-refractivity contribution < 1.29 is 55.2 Å². The lowest BCUT2D eigenvalue weighted by molar-refractivity contribution is -0.275. The van der Waals surface area contributed by atoms with E-state index in [1.54, 1.807) is 35.0 Å². The Hall–Kier alpha value is -3.68. The average molecular weight is 562 g/mol. The van der Waals surface area contributed by atoms with Gasteiger partial charge in [0.2, 0.25) is 5.91 Å². The standard InChI is InChI=1S/C25H24F6N2O6/c1-32-18(5-6-19(32)23(35)36)22(34)33-9-8-15-11-16(3-4-17(15)33)37-12-14-2-7-20(38-13-24(26,27)28)21(10-14)39-25(29,30)31/h2-4,7,10-11,18-19H,5-6,8-9,12-13H2,1H3,(H,35,36)/t18-,19-/m0/s1. The number of rotatable bonds is 8. The van der Waals surface area contributed by atoms with Crippen LogP contribution in [0.1, 0.15) is 24.0 Å². The molecule has 14 heteroatoms. The number of likely N-dealkylation sites (tertiary alicyclic amines) is 1. The Morgan fingerprint density at radius 1 is 0.974 bits per heavy atom. The van der Waals surface area contributed by atoms with E-state index in [4.69, 9.17) is 4.74 Å². The second-order valence-corrected chi connectivity index (χ2v) is 9.16. The molecule has 1 amide bonds. The molecule has 0 radical (unpaired) electrons. The number of anilines is 1. The number of amides is 1. The molecular formula is C25H24F6N2O6. The molecule has 0 aromatic heterocycles. The van der Waals surface area contributed by atoms with Crippen LogP contribution in [0.4, 0.5) is 32.0 Å². The van der Waals surface area contributed by atoms with Crippen molar-refractivity contribution >= 4 is 17.6 Å². The fourth-order valence-corrected chi connectivity index (χ4v) is 4.70. The molecule has 1 saturated heterocycles. The molecule has 2 aliphatic heterocycles. The molecule has 2 atom stereocenters. The van der Waals surface area contributed by atoms with E-state index in [2.05, 4.69) is 9.47 Å². The van der Waals surface area contributed by atoms with Gasteiger partial charge in [-0.2, -0.15) is 13.2 Å². The first-order valence-corrected chi connectivity index (χ1v) is 11.8. The predicted molar refractivity (Wildman–Crippen MR) is 124 cm³/mol. The maximum Gasteiger partial charge on any atom is 0.573 e. The molecular weight excluding hydrogens is 538 g/mol. The molecule has 0 spiro atoms. The maximum absolute atomic E-state index is 13.1. The molecule has 0 saturated carbocycles. The molecule has 8 nitrogen and oxygen atoms in total. The van der Waals surface area contributed by atoms with Crippen LogP contribution in [0.5, 0.6) is 17.2 Å². The van der Waals surface area contributed by atoms with E-state index in [0.717, 1.165) is 17.7 Å². The molecule has 1 fully saturated rings. The van der Waals surface area contributed by atoms with Crippen LogP contribution in [0.2, 0.25) is 0 Å². The number of likely N-dealkylation sites (N-methyl/N-ethyl adjacent to an activating group) is 1. The molecule has 4 rings (SSSR count). The molecule has 0 bridgehead atoms. The van der Waals surface area contributed by atoms with Crippen LogP contribution in [0.3, 0.4) is 0 Å². The van der Waals surface area contributed by atoms with Crippen molar-refractivity contribution in [1.82, 2.24) is 4.90 Å². The Bertz CT molecular complexity index is 1230. The van der Waals surface area contributed by atoms with Crippen LogP contribution in [0.25, 0.3) is 0 Å². The van der Waals surface area contributed by atoms with Gasteiger partial charge in [0, 0.05) is 12.2 Å². The smallest absolute Gasteiger partial charge is 0.489 e. The summed E-state index contributed by atoms with van der Waals surface area (Å²) in [4.78, 5) is 27.7. The fraction of sp³-hybridized carbons (Fsp3) is 0.440. The highest BCUT2D eigenvalue weighted by Crippen LogP contribution is 2.36. The summed E-state index contributed by atoms with van der Waals surface area (Å²) in [5.74, 6) is -2.46. The molecule has 39 heavy (non-hydrogen) atoms. The van der Waals surface area contributed by atoms with Gasteiger partial charge in [-0.3, -0.25) is 14.5 Å². The lowest BCUT2D eigenvalue weighted by atomic mass is 10.1. The summed E-state index contributed by atoms with van der Waals surface area (Å²) >= 11 is 0. The van der Waals surface area contributed by atoms with Crippen LogP contribution in [0, 0.1) is 0 Å². The van der Waals surface area contributed by atoms with Gasteiger partial charge in [-0.1, -0.05) is 6.07 Å². The van der Waals surface area contributed by atoms with E-state index in [-0.39, 0.29) is 18.1 Å². The molecule has 2 aliphatic rings. The summed E-state index contributed by atoms with van der Waals surface area (Å²) in [5, 5.41) is 9.32. The molecule has 2 aromatic carbocycles. The highest BCUT2D eigenvalue weighted by molar-refractivity contribution is 5.99. The van der Waals surface area contributed by atoms with E-state index in [1.165, 1.54) is 6.07 Å². The predicted octanol–water partition coefficient (Wildman–Crippen LogP) is 4.54. The van der Waals surface area contributed by atoms with Gasteiger partial charge in [-0.05, 0) is 67.8 Å².